The molecule has 0 aliphatic rings. The topological polar surface area (TPSA) is 69.6 Å². The molecule has 0 bridgehead atoms. The SMILES string of the molecule is C/C(=C/c1cccnc1)c1nc(-c2cnn(C)c2)no1. The van der Waals surface area contributed by atoms with Crippen LogP contribution in [0.4, 0.5) is 0 Å². The minimum atomic E-state index is 0.493. The van der Waals surface area contributed by atoms with Crippen molar-refractivity contribution < 1.29 is 4.52 Å². The van der Waals surface area contributed by atoms with Crippen LogP contribution in [0.5, 0.6) is 0 Å². The number of rotatable bonds is 3. The quantitative estimate of drug-likeness (QED) is 0.729. The first-order valence-corrected chi connectivity index (χ1v) is 6.14. The zero-order valence-corrected chi connectivity index (χ0v) is 11.2. The Morgan fingerprint density at radius 3 is 2.95 bits per heavy atom. The molecule has 0 N–H and O–H groups in total. The van der Waals surface area contributed by atoms with Crippen LogP contribution in [0, 0.1) is 0 Å². The Balaban J connectivity index is 1.88. The van der Waals surface area contributed by atoms with Gasteiger partial charge in [0.05, 0.1) is 11.8 Å². The Labute approximate surface area is 115 Å². The van der Waals surface area contributed by atoms with Gasteiger partial charge in [-0.15, -0.1) is 0 Å². The Hall–Kier alpha value is -2.76. The molecule has 6 nitrogen and oxygen atoms in total. The van der Waals surface area contributed by atoms with Gasteiger partial charge in [-0.2, -0.15) is 10.1 Å². The van der Waals surface area contributed by atoms with Gasteiger partial charge in [0.15, 0.2) is 0 Å². The van der Waals surface area contributed by atoms with E-state index in [1.54, 1.807) is 23.3 Å². The van der Waals surface area contributed by atoms with Crippen LogP contribution in [0.25, 0.3) is 23.0 Å². The highest BCUT2D eigenvalue weighted by Crippen LogP contribution is 2.20. The first-order chi connectivity index (χ1) is 9.72. The highest BCUT2D eigenvalue weighted by molar-refractivity contribution is 5.76. The van der Waals surface area contributed by atoms with Gasteiger partial charge in [0.2, 0.25) is 5.82 Å². The molecule has 20 heavy (non-hydrogen) atoms. The van der Waals surface area contributed by atoms with Crippen molar-refractivity contribution in [3.05, 3.63) is 48.4 Å². The summed E-state index contributed by atoms with van der Waals surface area (Å²) in [6.07, 6.45) is 9.01. The maximum absolute atomic E-state index is 5.28. The summed E-state index contributed by atoms with van der Waals surface area (Å²) in [5.41, 5.74) is 2.71. The molecule has 0 aromatic carbocycles. The predicted molar refractivity (Wildman–Crippen MR) is 74.3 cm³/mol. The number of aromatic nitrogens is 5. The third-order valence-corrected chi connectivity index (χ3v) is 2.79. The lowest BCUT2D eigenvalue weighted by molar-refractivity contribution is 0.408. The molecule has 0 saturated heterocycles. The Bertz CT molecular complexity index is 742. The monoisotopic (exact) mass is 267 g/mol. The summed E-state index contributed by atoms with van der Waals surface area (Å²) < 4.78 is 6.97. The van der Waals surface area contributed by atoms with Gasteiger partial charge in [-0.1, -0.05) is 11.2 Å². The first-order valence-electron chi connectivity index (χ1n) is 6.14. The number of allylic oxidation sites excluding steroid dienone is 1. The predicted octanol–water partition coefficient (Wildman–Crippen LogP) is 2.43. The van der Waals surface area contributed by atoms with Crippen LogP contribution in [-0.2, 0) is 7.05 Å². The van der Waals surface area contributed by atoms with Gasteiger partial charge in [-0.3, -0.25) is 9.67 Å². The number of nitrogens with zero attached hydrogens (tertiary/aromatic N) is 5. The van der Waals surface area contributed by atoms with Crippen LogP contribution in [0.2, 0.25) is 0 Å². The molecule has 0 aliphatic carbocycles. The van der Waals surface area contributed by atoms with Crippen LogP contribution in [0.15, 0.2) is 41.4 Å². The number of hydrogen-bond donors (Lipinski definition) is 0. The van der Waals surface area contributed by atoms with Gasteiger partial charge in [-0.25, -0.2) is 0 Å². The van der Waals surface area contributed by atoms with Crippen molar-refractivity contribution in [1.82, 2.24) is 24.9 Å². The molecular formula is C14H13N5O. The minimum absolute atomic E-state index is 0.493. The lowest BCUT2D eigenvalue weighted by Gasteiger charge is -1.94. The molecule has 3 aromatic heterocycles. The molecule has 0 fully saturated rings. The summed E-state index contributed by atoms with van der Waals surface area (Å²) in [5.74, 6) is 1.03. The molecule has 0 aliphatic heterocycles. The van der Waals surface area contributed by atoms with Crippen LogP contribution >= 0.6 is 0 Å². The van der Waals surface area contributed by atoms with Gasteiger partial charge < -0.3 is 4.52 Å². The average Bonchev–Trinajstić information content (AvgIpc) is 3.08. The molecule has 100 valence electrons. The highest BCUT2D eigenvalue weighted by atomic mass is 16.5. The standard InChI is InChI=1S/C14H13N5O/c1-10(6-11-4-3-5-15-7-11)14-17-13(18-20-14)12-8-16-19(2)9-12/h3-9H,1-2H3/b10-6-. The smallest absolute Gasteiger partial charge is 0.253 e. The van der Waals surface area contributed by atoms with Crippen LogP contribution in [-0.4, -0.2) is 24.9 Å². The summed E-state index contributed by atoms with van der Waals surface area (Å²) in [5, 5.41) is 8.05. The van der Waals surface area contributed by atoms with Crippen LogP contribution < -0.4 is 0 Å². The van der Waals surface area contributed by atoms with Crippen LogP contribution in [0.1, 0.15) is 18.4 Å². The minimum Gasteiger partial charge on any atom is -0.334 e. The lowest BCUT2D eigenvalue weighted by Crippen LogP contribution is -1.84. The average molecular weight is 267 g/mol. The van der Waals surface area contributed by atoms with E-state index < -0.39 is 0 Å². The zero-order valence-electron chi connectivity index (χ0n) is 11.2. The van der Waals surface area contributed by atoms with E-state index in [1.165, 1.54) is 0 Å². The van der Waals surface area contributed by atoms with Crippen molar-refractivity contribution in [2.45, 2.75) is 6.92 Å². The molecule has 3 aromatic rings. The maximum Gasteiger partial charge on any atom is 0.253 e. The fraction of sp³-hybridized carbons (Fsp3) is 0.143. The van der Waals surface area contributed by atoms with Crippen molar-refractivity contribution in [2.24, 2.45) is 7.05 Å². The molecule has 6 heteroatoms. The Morgan fingerprint density at radius 2 is 2.25 bits per heavy atom. The third kappa shape index (κ3) is 2.49. The second kappa shape index (κ2) is 5.08. The van der Waals surface area contributed by atoms with Crippen molar-refractivity contribution in [1.29, 1.82) is 0 Å². The summed E-state index contributed by atoms with van der Waals surface area (Å²) in [7, 11) is 1.85. The van der Waals surface area contributed by atoms with Gasteiger partial charge in [0, 0.05) is 31.2 Å². The van der Waals surface area contributed by atoms with Crippen molar-refractivity contribution in [2.75, 3.05) is 0 Å². The third-order valence-electron chi connectivity index (χ3n) is 2.79. The molecular weight excluding hydrogens is 254 g/mol. The number of pyridine rings is 1. The zero-order chi connectivity index (χ0) is 13.9. The fourth-order valence-electron chi connectivity index (χ4n) is 1.81. The molecule has 0 amide bonds. The van der Waals surface area contributed by atoms with E-state index in [2.05, 4.69) is 20.2 Å². The van der Waals surface area contributed by atoms with Crippen molar-refractivity contribution in [3.63, 3.8) is 0 Å². The van der Waals surface area contributed by atoms with Crippen LogP contribution in [0.3, 0.4) is 0 Å². The summed E-state index contributed by atoms with van der Waals surface area (Å²) in [6.45, 7) is 1.92. The van der Waals surface area contributed by atoms with E-state index in [4.69, 9.17) is 4.52 Å². The molecule has 3 heterocycles. The number of aryl methyl sites for hydroxylation is 1. The number of hydrogen-bond acceptors (Lipinski definition) is 5. The Kier molecular flexibility index (Phi) is 3.12. The van der Waals surface area contributed by atoms with E-state index in [0.717, 1.165) is 16.7 Å². The van der Waals surface area contributed by atoms with Gasteiger partial charge in [0.25, 0.3) is 5.89 Å². The molecule has 0 saturated carbocycles. The highest BCUT2D eigenvalue weighted by Gasteiger charge is 2.11. The summed E-state index contributed by atoms with van der Waals surface area (Å²) in [4.78, 5) is 8.43. The van der Waals surface area contributed by atoms with Crippen molar-refractivity contribution >= 4 is 11.6 Å². The molecule has 3 rings (SSSR count). The molecule has 0 atom stereocenters. The van der Waals surface area contributed by atoms with E-state index in [1.807, 2.05) is 38.4 Å². The van der Waals surface area contributed by atoms with E-state index in [9.17, 15) is 0 Å². The first kappa shape index (κ1) is 12.3. The second-order valence-electron chi connectivity index (χ2n) is 4.44. The lowest BCUT2D eigenvalue weighted by atomic mass is 10.2. The van der Waals surface area contributed by atoms with E-state index in [-0.39, 0.29) is 0 Å². The fourth-order valence-corrected chi connectivity index (χ4v) is 1.81. The summed E-state index contributed by atoms with van der Waals surface area (Å²) in [6, 6.07) is 3.85. The van der Waals surface area contributed by atoms with Gasteiger partial charge >= 0.3 is 0 Å². The van der Waals surface area contributed by atoms with Gasteiger partial charge in [-0.05, 0) is 24.6 Å². The van der Waals surface area contributed by atoms with E-state index in [0.29, 0.717) is 11.7 Å². The molecule has 0 spiro atoms. The Morgan fingerprint density at radius 1 is 1.35 bits per heavy atom. The largest absolute Gasteiger partial charge is 0.334 e. The molecule has 0 unspecified atom stereocenters. The van der Waals surface area contributed by atoms with E-state index >= 15 is 0 Å². The van der Waals surface area contributed by atoms with Gasteiger partial charge in [0.1, 0.15) is 0 Å². The summed E-state index contributed by atoms with van der Waals surface area (Å²) >= 11 is 0. The second-order valence-corrected chi connectivity index (χ2v) is 4.44. The van der Waals surface area contributed by atoms with Crippen molar-refractivity contribution in [3.8, 4) is 11.4 Å². The molecule has 0 radical (unpaired) electrons. The maximum atomic E-state index is 5.28. The normalized spacial score (nSPS) is 11.8.